The topological polar surface area (TPSA) is 64.2 Å². The zero-order valence-corrected chi connectivity index (χ0v) is 10.5. The molecule has 1 aromatic carbocycles. The standard InChI is InChI=1S/C9H12N2O2.Na/c1-10-7-3-6(9(12)13)4-8(5-7)11-2;/h3-5,10-11H,1-2H3,(H,12,13);/q;+1/p-1. The molecule has 0 aliphatic rings. The van der Waals surface area contributed by atoms with Gasteiger partial charge < -0.3 is 20.5 Å². The molecule has 4 nitrogen and oxygen atoms in total. The van der Waals surface area contributed by atoms with Crippen LogP contribution in [0.4, 0.5) is 11.4 Å². The van der Waals surface area contributed by atoms with Crippen molar-refractivity contribution >= 4 is 17.3 Å². The van der Waals surface area contributed by atoms with Gasteiger partial charge in [-0.05, 0) is 18.2 Å². The minimum Gasteiger partial charge on any atom is -0.545 e. The Labute approximate surface area is 105 Å². The Bertz CT molecular complexity index is 306. The molecule has 2 N–H and O–H groups in total. The van der Waals surface area contributed by atoms with E-state index in [4.69, 9.17) is 0 Å². The molecule has 0 radical (unpaired) electrons. The molecule has 0 atom stereocenters. The summed E-state index contributed by atoms with van der Waals surface area (Å²) in [7, 11) is 3.46. The van der Waals surface area contributed by atoms with E-state index < -0.39 is 5.97 Å². The molecule has 1 aromatic rings. The van der Waals surface area contributed by atoms with Crippen LogP contribution in [0, 0.1) is 0 Å². The van der Waals surface area contributed by atoms with Gasteiger partial charge in [0.15, 0.2) is 0 Å². The maximum atomic E-state index is 10.6. The molecule has 0 amide bonds. The Morgan fingerprint density at radius 2 is 1.57 bits per heavy atom. The van der Waals surface area contributed by atoms with Crippen LogP contribution < -0.4 is 45.3 Å². The molecule has 0 bridgehead atoms. The van der Waals surface area contributed by atoms with Gasteiger partial charge in [-0.1, -0.05) is 0 Å². The second kappa shape index (κ2) is 5.90. The predicted octanol–water partition coefficient (Wildman–Crippen LogP) is -2.86. The molecular weight excluding hydrogens is 191 g/mol. The van der Waals surface area contributed by atoms with Gasteiger partial charge in [0.25, 0.3) is 0 Å². The van der Waals surface area contributed by atoms with E-state index in [1.165, 1.54) is 12.1 Å². The number of benzene rings is 1. The van der Waals surface area contributed by atoms with Crippen molar-refractivity contribution in [1.82, 2.24) is 0 Å². The van der Waals surface area contributed by atoms with Crippen molar-refractivity contribution in [3.05, 3.63) is 23.8 Å². The molecule has 0 heterocycles. The number of carboxylic acid groups (broad SMARTS) is 1. The van der Waals surface area contributed by atoms with Gasteiger partial charge in [0.1, 0.15) is 0 Å². The monoisotopic (exact) mass is 202 g/mol. The molecule has 0 unspecified atom stereocenters. The SMILES string of the molecule is CNc1cc(NC)cc(C(=O)[O-])c1.[Na+]. The van der Waals surface area contributed by atoms with E-state index in [1.54, 1.807) is 14.1 Å². The third-order valence-electron chi connectivity index (χ3n) is 1.75. The number of hydrogen-bond acceptors (Lipinski definition) is 4. The second-order valence-electron chi connectivity index (χ2n) is 2.59. The molecule has 14 heavy (non-hydrogen) atoms. The van der Waals surface area contributed by atoms with E-state index in [0.29, 0.717) is 0 Å². The average molecular weight is 202 g/mol. The van der Waals surface area contributed by atoms with Gasteiger partial charge in [-0.3, -0.25) is 0 Å². The fourth-order valence-corrected chi connectivity index (χ4v) is 1.03. The Balaban J connectivity index is 0.00000169. The summed E-state index contributed by atoms with van der Waals surface area (Å²) in [6.45, 7) is 0. The average Bonchev–Trinajstić information content (AvgIpc) is 2.16. The van der Waals surface area contributed by atoms with Crippen molar-refractivity contribution in [2.45, 2.75) is 0 Å². The van der Waals surface area contributed by atoms with Crippen LogP contribution >= 0.6 is 0 Å². The summed E-state index contributed by atoms with van der Waals surface area (Å²) in [5.74, 6) is -1.17. The summed E-state index contributed by atoms with van der Waals surface area (Å²) in [5.41, 5.74) is 1.65. The normalized spacial score (nSPS) is 8.71. The quantitative estimate of drug-likeness (QED) is 0.517. The van der Waals surface area contributed by atoms with Crippen LogP contribution in [-0.4, -0.2) is 20.1 Å². The van der Waals surface area contributed by atoms with Crippen LogP contribution in [0.5, 0.6) is 0 Å². The van der Waals surface area contributed by atoms with Gasteiger partial charge in [0.2, 0.25) is 0 Å². The summed E-state index contributed by atoms with van der Waals surface area (Å²) >= 11 is 0. The molecule has 1 rings (SSSR count). The Kier molecular flexibility index (Phi) is 5.60. The predicted molar refractivity (Wildman–Crippen MR) is 49.9 cm³/mol. The van der Waals surface area contributed by atoms with Gasteiger partial charge in [0.05, 0.1) is 5.97 Å². The second-order valence-corrected chi connectivity index (χ2v) is 2.59. The number of anilines is 2. The van der Waals surface area contributed by atoms with Crippen LogP contribution in [0.3, 0.4) is 0 Å². The minimum atomic E-state index is -1.17. The summed E-state index contributed by atoms with van der Waals surface area (Å²) in [4.78, 5) is 10.6. The third kappa shape index (κ3) is 3.21. The Hall–Kier alpha value is -0.710. The van der Waals surface area contributed by atoms with Crippen LogP contribution in [0.15, 0.2) is 18.2 Å². The summed E-state index contributed by atoms with van der Waals surface area (Å²) in [5, 5.41) is 16.3. The fraction of sp³-hybridized carbons (Fsp3) is 0.222. The van der Waals surface area contributed by atoms with Crippen LogP contribution in [-0.2, 0) is 0 Å². The molecule has 5 heteroatoms. The van der Waals surface area contributed by atoms with E-state index in [0.717, 1.165) is 11.4 Å². The van der Waals surface area contributed by atoms with E-state index in [9.17, 15) is 9.90 Å². The molecule has 0 saturated carbocycles. The van der Waals surface area contributed by atoms with Gasteiger partial charge >= 0.3 is 29.6 Å². The Morgan fingerprint density at radius 1 is 1.14 bits per heavy atom. The van der Waals surface area contributed by atoms with Crippen molar-refractivity contribution in [3.8, 4) is 0 Å². The van der Waals surface area contributed by atoms with Crippen molar-refractivity contribution in [1.29, 1.82) is 0 Å². The van der Waals surface area contributed by atoms with E-state index >= 15 is 0 Å². The number of carbonyl (C=O) groups is 1. The van der Waals surface area contributed by atoms with Gasteiger partial charge in [-0.15, -0.1) is 0 Å². The number of carbonyl (C=O) groups excluding carboxylic acids is 1. The third-order valence-corrected chi connectivity index (χ3v) is 1.75. The number of rotatable bonds is 3. The van der Waals surface area contributed by atoms with Crippen molar-refractivity contribution in [3.63, 3.8) is 0 Å². The zero-order chi connectivity index (χ0) is 9.84. The first-order valence-corrected chi connectivity index (χ1v) is 3.89. The first-order chi connectivity index (χ1) is 6.17. The van der Waals surface area contributed by atoms with Gasteiger partial charge in [-0.25, -0.2) is 0 Å². The summed E-state index contributed by atoms with van der Waals surface area (Å²) in [6.07, 6.45) is 0. The smallest absolute Gasteiger partial charge is 0.545 e. The number of nitrogens with one attached hydrogen (secondary N) is 2. The van der Waals surface area contributed by atoms with Crippen molar-refractivity contribution in [2.75, 3.05) is 24.7 Å². The van der Waals surface area contributed by atoms with Gasteiger partial charge in [-0.2, -0.15) is 0 Å². The number of hydrogen-bond donors (Lipinski definition) is 2. The number of carboxylic acids is 1. The number of aromatic carboxylic acids is 1. The van der Waals surface area contributed by atoms with Crippen LogP contribution in [0.25, 0.3) is 0 Å². The summed E-state index contributed by atoms with van der Waals surface area (Å²) in [6, 6.07) is 4.86. The molecule has 0 aliphatic carbocycles. The first kappa shape index (κ1) is 13.3. The molecule has 0 spiro atoms. The van der Waals surface area contributed by atoms with Crippen LogP contribution in [0.2, 0.25) is 0 Å². The molecule has 70 valence electrons. The molecule has 0 saturated heterocycles. The Morgan fingerprint density at radius 3 is 1.86 bits per heavy atom. The van der Waals surface area contributed by atoms with Crippen molar-refractivity contribution in [2.24, 2.45) is 0 Å². The maximum absolute atomic E-state index is 10.6. The molecule has 0 fully saturated rings. The summed E-state index contributed by atoms with van der Waals surface area (Å²) < 4.78 is 0. The molecule has 0 aliphatic heterocycles. The van der Waals surface area contributed by atoms with Crippen LogP contribution in [0.1, 0.15) is 10.4 Å². The zero-order valence-electron chi connectivity index (χ0n) is 8.55. The van der Waals surface area contributed by atoms with E-state index in [1.807, 2.05) is 6.07 Å². The van der Waals surface area contributed by atoms with E-state index in [-0.39, 0.29) is 35.1 Å². The van der Waals surface area contributed by atoms with Crippen molar-refractivity contribution < 1.29 is 39.5 Å². The first-order valence-electron chi connectivity index (χ1n) is 3.89. The fourth-order valence-electron chi connectivity index (χ4n) is 1.03. The van der Waals surface area contributed by atoms with Gasteiger partial charge in [0, 0.05) is 31.0 Å². The minimum absolute atomic E-state index is 0. The largest absolute Gasteiger partial charge is 1.00 e. The van der Waals surface area contributed by atoms with E-state index in [2.05, 4.69) is 10.6 Å². The molecule has 0 aromatic heterocycles. The molecular formula is C9H11N2NaO2. The maximum Gasteiger partial charge on any atom is 1.00 e.